The van der Waals surface area contributed by atoms with E-state index in [2.05, 4.69) is 38.6 Å². The average molecular weight is 326 g/mol. The van der Waals surface area contributed by atoms with E-state index in [0.29, 0.717) is 6.04 Å². The topological polar surface area (TPSA) is 80.6 Å². The minimum absolute atomic E-state index is 0.386. The van der Waals surface area contributed by atoms with Crippen LogP contribution >= 0.6 is 0 Å². The molecule has 1 fully saturated rings. The number of nitrogens with zero attached hydrogens (tertiary/aromatic N) is 4. The van der Waals surface area contributed by atoms with Crippen molar-refractivity contribution in [3.8, 4) is 11.4 Å². The monoisotopic (exact) mass is 326 g/mol. The molecule has 4 heterocycles. The summed E-state index contributed by atoms with van der Waals surface area (Å²) < 4.78 is 7.33. The first-order valence-corrected chi connectivity index (χ1v) is 8.47. The maximum atomic E-state index is 5.44. The van der Waals surface area contributed by atoms with Crippen LogP contribution in [0.4, 0.5) is 5.82 Å². The van der Waals surface area contributed by atoms with Crippen LogP contribution in [-0.2, 0) is 18.2 Å². The maximum absolute atomic E-state index is 5.44. The molecule has 1 aliphatic heterocycles. The highest BCUT2D eigenvalue weighted by Crippen LogP contribution is 2.31. The molecule has 4 rings (SSSR count). The zero-order valence-electron chi connectivity index (χ0n) is 14.0. The summed E-state index contributed by atoms with van der Waals surface area (Å²) in [6.07, 6.45) is 4.71. The number of ether oxygens (including phenoxy) is 1. The van der Waals surface area contributed by atoms with Crippen molar-refractivity contribution in [2.45, 2.75) is 32.2 Å². The number of H-pyrrole nitrogens is 1. The van der Waals surface area contributed by atoms with Crippen LogP contribution in [0.15, 0.2) is 18.3 Å². The van der Waals surface area contributed by atoms with Gasteiger partial charge >= 0.3 is 0 Å². The largest absolute Gasteiger partial charge is 0.381 e. The first kappa shape index (κ1) is 15.1. The van der Waals surface area contributed by atoms with E-state index in [-0.39, 0.29) is 0 Å². The summed E-state index contributed by atoms with van der Waals surface area (Å²) in [6.45, 7) is 3.70. The number of hydrogen-bond acceptors (Lipinski definition) is 5. The molecule has 0 saturated carbocycles. The Morgan fingerprint density at radius 1 is 1.38 bits per heavy atom. The lowest BCUT2D eigenvalue weighted by Crippen LogP contribution is -2.28. The molecular formula is C17H22N6O. The SMILES string of the molecule is CCc1cc(-c2n[nH]c3ccnc(NC4CCOCC4)c23)n(C)n1. The van der Waals surface area contributed by atoms with Crippen molar-refractivity contribution in [2.75, 3.05) is 18.5 Å². The third-order valence-electron chi connectivity index (χ3n) is 4.57. The van der Waals surface area contributed by atoms with Gasteiger partial charge in [-0.05, 0) is 31.4 Å². The van der Waals surface area contributed by atoms with Crippen molar-refractivity contribution in [2.24, 2.45) is 7.05 Å². The molecule has 1 saturated heterocycles. The molecule has 0 spiro atoms. The van der Waals surface area contributed by atoms with E-state index in [1.165, 1.54) is 0 Å². The van der Waals surface area contributed by atoms with Crippen LogP contribution in [0, 0.1) is 0 Å². The van der Waals surface area contributed by atoms with Gasteiger partial charge in [-0.15, -0.1) is 0 Å². The Hall–Kier alpha value is -2.41. The zero-order valence-corrected chi connectivity index (χ0v) is 14.0. The van der Waals surface area contributed by atoms with Crippen LogP contribution in [0.5, 0.6) is 0 Å². The van der Waals surface area contributed by atoms with E-state index in [0.717, 1.165) is 66.3 Å². The van der Waals surface area contributed by atoms with Crippen LogP contribution in [0.1, 0.15) is 25.5 Å². The fraction of sp³-hybridized carbons (Fsp3) is 0.471. The second kappa shape index (κ2) is 6.24. The van der Waals surface area contributed by atoms with Crippen LogP contribution in [0.25, 0.3) is 22.3 Å². The number of nitrogens with one attached hydrogen (secondary N) is 2. The highest BCUT2D eigenvalue weighted by atomic mass is 16.5. The quantitative estimate of drug-likeness (QED) is 0.770. The number of rotatable bonds is 4. The number of anilines is 1. The van der Waals surface area contributed by atoms with Gasteiger partial charge < -0.3 is 10.1 Å². The number of aryl methyl sites for hydroxylation is 2. The van der Waals surface area contributed by atoms with Crippen LogP contribution in [0.3, 0.4) is 0 Å². The maximum Gasteiger partial charge on any atom is 0.137 e. The molecule has 0 radical (unpaired) electrons. The van der Waals surface area contributed by atoms with Crippen LogP contribution < -0.4 is 5.32 Å². The molecule has 0 amide bonds. The fourth-order valence-electron chi connectivity index (χ4n) is 3.22. The van der Waals surface area contributed by atoms with Crippen molar-refractivity contribution in [3.63, 3.8) is 0 Å². The van der Waals surface area contributed by atoms with Crippen LogP contribution in [0.2, 0.25) is 0 Å². The number of pyridine rings is 1. The Morgan fingerprint density at radius 2 is 2.21 bits per heavy atom. The second-order valence-electron chi connectivity index (χ2n) is 6.18. The first-order chi connectivity index (χ1) is 11.8. The number of aromatic nitrogens is 5. The summed E-state index contributed by atoms with van der Waals surface area (Å²) in [5.74, 6) is 0.877. The van der Waals surface area contributed by atoms with Crippen molar-refractivity contribution in [3.05, 3.63) is 24.0 Å². The molecule has 7 nitrogen and oxygen atoms in total. The molecule has 0 bridgehead atoms. The lowest BCUT2D eigenvalue weighted by atomic mass is 10.1. The molecular weight excluding hydrogens is 304 g/mol. The second-order valence-corrected chi connectivity index (χ2v) is 6.18. The summed E-state index contributed by atoms with van der Waals surface area (Å²) in [4.78, 5) is 4.57. The van der Waals surface area contributed by atoms with Gasteiger partial charge in [-0.1, -0.05) is 6.92 Å². The number of aromatic amines is 1. The van der Waals surface area contributed by atoms with Crippen LogP contribution in [-0.4, -0.2) is 44.2 Å². The molecule has 2 N–H and O–H groups in total. The average Bonchev–Trinajstić information content (AvgIpc) is 3.19. The van der Waals surface area contributed by atoms with Gasteiger partial charge in [0.1, 0.15) is 11.5 Å². The molecule has 3 aromatic rings. The molecule has 0 aromatic carbocycles. The smallest absolute Gasteiger partial charge is 0.137 e. The predicted molar refractivity (Wildman–Crippen MR) is 92.9 cm³/mol. The first-order valence-electron chi connectivity index (χ1n) is 8.47. The predicted octanol–water partition coefficient (Wildman–Crippen LogP) is 2.51. The molecule has 126 valence electrons. The minimum Gasteiger partial charge on any atom is -0.381 e. The molecule has 0 atom stereocenters. The summed E-state index contributed by atoms with van der Waals surface area (Å²) in [5, 5.41) is 16.8. The van der Waals surface area contributed by atoms with Crippen molar-refractivity contribution in [1.29, 1.82) is 0 Å². The normalized spacial score (nSPS) is 15.9. The summed E-state index contributed by atoms with van der Waals surface area (Å²) >= 11 is 0. The molecule has 7 heteroatoms. The Morgan fingerprint density at radius 3 is 2.96 bits per heavy atom. The standard InChI is InChI=1S/C17H22N6O/c1-3-11-10-14(23(2)22-11)16-15-13(20-21-16)4-7-18-17(15)19-12-5-8-24-9-6-12/h4,7,10,12H,3,5-6,8-9H2,1-2H3,(H,18,19)(H,20,21). The van der Waals surface area contributed by atoms with E-state index in [1.54, 1.807) is 0 Å². The molecule has 0 aliphatic carbocycles. The van der Waals surface area contributed by atoms with E-state index < -0.39 is 0 Å². The fourth-order valence-corrected chi connectivity index (χ4v) is 3.22. The summed E-state index contributed by atoms with van der Waals surface area (Å²) in [7, 11) is 1.96. The summed E-state index contributed by atoms with van der Waals surface area (Å²) in [6, 6.07) is 4.44. The van der Waals surface area contributed by atoms with E-state index >= 15 is 0 Å². The van der Waals surface area contributed by atoms with Gasteiger partial charge in [-0.3, -0.25) is 9.78 Å². The molecule has 1 aliphatic rings. The Kier molecular flexibility index (Phi) is 3.93. The Balaban J connectivity index is 1.77. The third-order valence-corrected chi connectivity index (χ3v) is 4.57. The minimum atomic E-state index is 0.386. The number of fused-ring (bicyclic) bond motifs is 1. The highest BCUT2D eigenvalue weighted by molar-refractivity contribution is 5.99. The van der Waals surface area contributed by atoms with Gasteiger partial charge in [0.2, 0.25) is 0 Å². The molecule has 3 aromatic heterocycles. The highest BCUT2D eigenvalue weighted by Gasteiger charge is 2.20. The van der Waals surface area contributed by atoms with Gasteiger partial charge in [0.25, 0.3) is 0 Å². The van der Waals surface area contributed by atoms with E-state index in [9.17, 15) is 0 Å². The lowest BCUT2D eigenvalue weighted by Gasteiger charge is -2.23. The van der Waals surface area contributed by atoms with Crippen molar-refractivity contribution >= 4 is 16.7 Å². The Bertz CT molecular complexity index is 846. The lowest BCUT2D eigenvalue weighted by molar-refractivity contribution is 0.0904. The summed E-state index contributed by atoms with van der Waals surface area (Å²) in [5.41, 5.74) is 3.93. The zero-order chi connectivity index (χ0) is 16.5. The van der Waals surface area contributed by atoms with E-state index in [1.807, 2.05) is 24.0 Å². The Labute approximate surface area is 140 Å². The van der Waals surface area contributed by atoms with Gasteiger partial charge in [-0.25, -0.2) is 4.98 Å². The van der Waals surface area contributed by atoms with Crippen molar-refractivity contribution in [1.82, 2.24) is 25.0 Å². The molecule has 24 heavy (non-hydrogen) atoms. The van der Waals surface area contributed by atoms with Gasteiger partial charge in [0.15, 0.2) is 0 Å². The number of hydrogen-bond donors (Lipinski definition) is 2. The van der Waals surface area contributed by atoms with Crippen molar-refractivity contribution < 1.29 is 4.74 Å². The van der Waals surface area contributed by atoms with Gasteiger partial charge in [0, 0.05) is 32.5 Å². The molecule has 0 unspecified atom stereocenters. The van der Waals surface area contributed by atoms with Gasteiger partial charge in [-0.2, -0.15) is 10.2 Å². The van der Waals surface area contributed by atoms with Gasteiger partial charge in [0.05, 0.1) is 22.3 Å². The third kappa shape index (κ3) is 2.65. The van der Waals surface area contributed by atoms with E-state index in [4.69, 9.17) is 4.74 Å².